The Hall–Kier alpha value is -2.48. The second-order valence-electron chi connectivity index (χ2n) is 6.47. The van der Waals surface area contributed by atoms with Crippen molar-refractivity contribution in [2.75, 3.05) is 26.9 Å². The first kappa shape index (κ1) is 22.8. The number of nitrogens with one attached hydrogen (secondary N) is 1. The maximum absolute atomic E-state index is 14.6. The molecule has 0 saturated heterocycles. The van der Waals surface area contributed by atoms with Gasteiger partial charge in [-0.2, -0.15) is 0 Å². The molecule has 158 valence electrons. The highest BCUT2D eigenvalue weighted by Crippen LogP contribution is 2.25. The zero-order chi connectivity index (χ0) is 21.1. The van der Waals surface area contributed by atoms with Gasteiger partial charge in [0.2, 0.25) is 0 Å². The highest BCUT2D eigenvalue weighted by Gasteiger charge is 2.20. The molecule has 0 spiro atoms. The van der Waals surface area contributed by atoms with E-state index in [1.54, 1.807) is 19.1 Å². The molecule has 2 rings (SSSR count). The topological polar surface area (TPSA) is 77.0 Å². The Morgan fingerprint density at radius 2 is 1.97 bits per heavy atom. The zero-order valence-corrected chi connectivity index (χ0v) is 16.8. The van der Waals surface area contributed by atoms with E-state index in [9.17, 15) is 14.3 Å². The van der Waals surface area contributed by atoms with E-state index < -0.39 is 23.9 Å². The van der Waals surface area contributed by atoms with Crippen LogP contribution in [0.2, 0.25) is 0 Å². The third-order valence-electron chi connectivity index (χ3n) is 4.40. The quantitative estimate of drug-likeness (QED) is 0.529. The molecule has 0 saturated carbocycles. The van der Waals surface area contributed by atoms with Gasteiger partial charge in [-0.15, -0.1) is 0 Å². The van der Waals surface area contributed by atoms with Gasteiger partial charge in [0, 0.05) is 19.7 Å². The van der Waals surface area contributed by atoms with Gasteiger partial charge >= 0.3 is 5.97 Å². The number of hydrogen-bond acceptors (Lipinski definition) is 6. The van der Waals surface area contributed by atoms with Crippen molar-refractivity contribution in [3.05, 3.63) is 65.5 Å². The Kier molecular flexibility index (Phi) is 9.56. The predicted molar refractivity (Wildman–Crippen MR) is 107 cm³/mol. The standard InChI is InChI=1S/C22H28FNO5/c1-3-28-22(26)12-20(24-13-18(14-25)27-2)17-9-10-21(19(23)11-17)29-15-16-7-5-4-6-8-16/h4-11,18,20,24-25H,3,12-15H2,1-2H3/t18?,20-/m0/s1. The molecule has 2 aromatic rings. The van der Waals surface area contributed by atoms with Gasteiger partial charge in [0.1, 0.15) is 6.61 Å². The molecule has 2 atom stereocenters. The van der Waals surface area contributed by atoms with E-state index in [0.717, 1.165) is 5.56 Å². The summed E-state index contributed by atoms with van der Waals surface area (Å²) in [4.78, 5) is 12.0. The van der Waals surface area contributed by atoms with Crippen LogP contribution in [0, 0.1) is 5.82 Å². The molecule has 0 aliphatic carbocycles. The number of hydrogen-bond donors (Lipinski definition) is 2. The smallest absolute Gasteiger partial charge is 0.307 e. The van der Waals surface area contributed by atoms with Crippen LogP contribution in [0.1, 0.15) is 30.5 Å². The molecule has 6 nitrogen and oxygen atoms in total. The molecule has 0 radical (unpaired) electrons. The Morgan fingerprint density at radius 3 is 2.59 bits per heavy atom. The van der Waals surface area contributed by atoms with Gasteiger partial charge in [-0.1, -0.05) is 36.4 Å². The van der Waals surface area contributed by atoms with Gasteiger partial charge in [-0.25, -0.2) is 4.39 Å². The van der Waals surface area contributed by atoms with E-state index in [0.29, 0.717) is 12.1 Å². The lowest BCUT2D eigenvalue weighted by molar-refractivity contribution is -0.143. The molecule has 0 heterocycles. The minimum absolute atomic E-state index is 0.0271. The summed E-state index contributed by atoms with van der Waals surface area (Å²) in [6, 6.07) is 13.6. The summed E-state index contributed by atoms with van der Waals surface area (Å²) in [7, 11) is 1.49. The second kappa shape index (κ2) is 12.2. The molecule has 0 fully saturated rings. The average Bonchev–Trinajstić information content (AvgIpc) is 2.73. The van der Waals surface area contributed by atoms with Crippen molar-refractivity contribution >= 4 is 5.97 Å². The summed E-state index contributed by atoms with van der Waals surface area (Å²) < 4.78 is 30.3. The summed E-state index contributed by atoms with van der Waals surface area (Å²) in [5.41, 5.74) is 1.52. The van der Waals surface area contributed by atoms with E-state index in [2.05, 4.69) is 5.32 Å². The van der Waals surface area contributed by atoms with Crippen LogP contribution in [0.3, 0.4) is 0 Å². The Morgan fingerprint density at radius 1 is 1.21 bits per heavy atom. The van der Waals surface area contributed by atoms with Crippen LogP contribution >= 0.6 is 0 Å². The molecular formula is C22H28FNO5. The van der Waals surface area contributed by atoms with Gasteiger partial charge in [-0.3, -0.25) is 4.79 Å². The van der Waals surface area contributed by atoms with Crippen LogP contribution in [0.25, 0.3) is 0 Å². The highest BCUT2D eigenvalue weighted by molar-refractivity contribution is 5.70. The third kappa shape index (κ3) is 7.45. The first-order chi connectivity index (χ1) is 14.1. The maximum Gasteiger partial charge on any atom is 0.307 e. The number of aliphatic hydroxyl groups excluding tert-OH is 1. The molecule has 0 amide bonds. The minimum Gasteiger partial charge on any atom is -0.486 e. The van der Waals surface area contributed by atoms with Crippen molar-refractivity contribution in [2.24, 2.45) is 0 Å². The van der Waals surface area contributed by atoms with Gasteiger partial charge in [0.25, 0.3) is 0 Å². The van der Waals surface area contributed by atoms with Crippen LogP contribution in [-0.2, 0) is 20.9 Å². The van der Waals surface area contributed by atoms with Crippen LogP contribution in [0.15, 0.2) is 48.5 Å². The predicted octanol–water partition coefficient (Wildman–Crippen LogP) is 3.00. The van der Waals surface area contributed by atoms with Crippen molar-refractivity contribution in [3.63, 3.8) is 0 Å². The van der Waals surface area contributed by atoms with Gasteiger partial charge in [-0.05, 0) is 30.2 Å². The number of benzene rings is 2. The Balaban J connectivity index is 2.09. The van der Waals surface area contributed by atoms with Crippen molar-refractivity contribution in [3.8, 4) is 5.75 Å². The lowest BCUT2D eigenvalue weighted by Gasteiger charge is -2.22. The SMILES string of the molecule is CCOC(=O)C[C@H](NCC(CO)OC)c1ccc(OCc2ccccc2)c(F)c1. The van der Waals surface area contributed by atoms with Crippen LogP contribution in [-0.4, -0.2) is 44.0 Å². The van der Waals surface area contributed by atoms with Crippen molar-refractivity contribution in [1.82, 2.24) is 5.32 Å². The summed E-state index contributed by atoms with van der Waals surface area (Å²) in [6.07, 6.45) is -0.405. The van der Waals surface area contributed by atoms with E-state index in [-0.39, 0.29) is 32.0 Å². The van der Waals surface area contributed by atoms with Crippen molar-refractivity contribution in [2.45, 2.75) is 32.1 Å². The molecule has 29 heavy (non-hydrogen) atoms. The highest BCUT2D eigenvalue weighted by atomic mass is 19.1. The zero-order valence-electron chi connectivity index (χ0n) is 16.8. The molecule has 0 aromatic heterocycles. The van der Waals surface area contributed by atoms with Crippen molar-refractivity contribution < 1.29 is 28.5 Å². The Labute approximate surface area is 170 Å². The number of carbonyl (C=O) groups excluding carboxylic acids is 1. The van der Waals surface area contributed by atoms with E-state index in [1.807, 2.05) is 30.3 Å². The Bertz CT molecular complexity index is 752. The molecule has 2 aromatic carbocycles. The summed E-state index contributed by atoms with van der Waals surface area (Å²) in [5.74, 6) is -0.773. The fraction of sp³-hybridized carbons (Fsp3) is 0.409. The van der Waals surface area contributed by atoms with Crippen LogP contribution in [0.4, 0.5) is 4.39 Å². The lowest BCUT2D eigenvalue weighted by atomic mass is 10.0. The number of halogens is 1. The van der Waals surface area contributed by atoms with E-state index in [4.69, 9.17) is 14.2 Å². The number of carbonyl (C=O) groups is 1. The largest absolute Gasteiger partial charge is 0.486 e. The molecule has 7 heteroatoms. The maximum atomic E-state index is 14.6. The summed E-state index contributed by atoms with van der Waals surface area (Å²) >= 11 is 0. The number of methoxy groups -OCH3 is 1. The monoisotopic (exact) mass is 405 g/mol. The third-order valence-corrected chi connectivity index (χ3v) is 4.40. The molecule has 2 N–H and O–H groups in total. The number of esters is 1. The number of rotatable bonds is 12. The molecular weight excluding hydrogens is 377 g/mol. The fourth-order valence-corrected chi connectivity index (χ4v) is 2.78. The first-order valence-corrected chi connectivity index (χ1v) is 9.56. The first-order valence-electron chi connectivity index (χ1n) is 9.56. The summed E-state index contributed by atoms with van der Waals surface area (Å²) in [6.45, 7) is 2.38. The lowest BCUT2D eigenvalue weighted by Crippen LogP contribution is -2.35. The second-order valence-corrected chi connectivity index (χ2v) is 6.47. The molecule has 0 aliphatic rings. The minimum atomic E-state index is -0.514. The molecule has 0 aliphatic heterocycles. The van der Waals surface area contributed by atoms with Gasteiger partial charge in [0.05, 0.1) is 25.7 Å². The number of ether oxygens (including phenoxy) is 3. The summed E-state index contributed by atoms with van der Waals surface area (Å²) in [5, 5.41) is 12.4. The van der Waals surface area contributed by atoms with E-state index in [1.165, 1.54) is 13.2 Å². The van der Waals surface area contributed by atoms with Crippen LogP contribution in [0.5, 0.6) is 5.75 Å². The fourth-order valence-electron chi connectivity index (χ4n) is 2.78. The molecule has 0 bridgehead atoms. The van der Waals surface area contributed by atoms with Gasteiger partial charge < -0.3 is 24.6 Å². The molecule has 1 unspecified atom stereocenters. The number of aliphatic hydroxyl groups is 1. The van der Waals surface area contributed by atoms with Gasteiger partial charge in [0.15, 0.2) is 11.6 Å². The van der Waals surface area contributed by atoms with Crippen molar-refractivity contribution in [1.29, 1.82) is 0 Å². The normalized spacial score (nSPS) is 13.0. The average molecular weight is 405 g/mol. The van der Waals surface area contributed by atoms with Crippen LogP contribution < -0.4 is 10.1 Å². The van der Waals surface area contributed by atoms with E-state index >= 15 is 0 Å².